The van der Waals surface area contributed by atoms with E-state index in [0.29, 0.717) is 6.54 Å². The summed E-state index contributed by atoms with van der Waals surface area (Å²) in [6.07, 6.45) is 0. The third-order valence-corrected chi connectivity index (χ3v) is 2.56. The molecule has 0 saturated heterocycles. The molecule has 100 valence electrons. The largest absolute Gasteiger partial charge is 0.366 e. The first-order valence-electron chi connectivity index (χ1n) is 6.34. The molecule has 0 fully saturated rings. The van der Waals surface area contributed by atoms with Crippen molar-refractivity contribution in [2.45, 2.75) is 40.2 Å². The van der Waals surface area contributed by atoms with Crippen LogP contribution < -0.4 is 4.90 Å². The molecule has 0 radical (unpaired) electrons. The van der Waals surface area contributed by atoms with E-state index in [9.17, 15) is 4.79 Å². The van der Waals surface area contributed by atoms with Crippen LogP contribution in [0.5, 0.6) is 0 Å². The lowest BCUT2D eigenvalue weighted by atomic mass is 10.2. The Morgan fingerprint density at radius 2 is 2.00 bits per heavy atom. The summed E-state index contributed by atoms with van der Waals surface area (Å²) < 4.78 is 5.53. The van der Waals surface area contributed by atoms with Gasteiger partial charge in [-0.25, -0.2) is 0 Å². The monoisotopic (exact) mass is 249 g/mol. The van der Waals surface area contributed by atoms with Gasteiger partial charge in [0.2, 0.25) is 0 Å². The zero-order chi connectivity index (χ0) is 13.8. The van der Waals surface area contributed by atoms with Gasteiger partial charge >= 0.3 is 0 Å². The van der Waals surface area contributed by atoms with Crippen LogP contribution >= 0.6 is 0 Å². The molecule has 1 aromatic carbocycles. The first-order valence-corrected chi connectivity index (χ1v) is 6.34. The summed E-state index contributed by atoms with van der Waals surface area (Å²) in [6, 6.07) is 7.95. The normalized spacial score (nSPS) is 11.4. The Labute approximate surface area is 110 Å². The Balaban J connectivity index is 2.75. The van der Waals surface area contributed by atoms with Crippen molar-refractivity contribution in [3.05, 3.63) is 29.8 Å². The van der Waals surface area contributed by atoms with Gasteiger partial charge in [0.25, 0.3) is 5.91 Å². The number of aryl methyl sites for hydroxylation is 1. The van der Waals surface area contributed by atoms with E-state index < -0.39 is 0 Å². The number of amides is 1. The van der Waals surface area contributed by atoms with E-state index in [4.69, 9.17) is 4.74 Å². The number of hydrogen-bond donors (Lipinski definition) is 0. The number of hydrogen-bond acceptors (Lipinski definition) is 2. The number of benzene rings is 1. The summed E-state index contributed by atoms with van der Waals surface area (Å²) in [5, 5.41) is 0. The van der Waals surface area contributed by atoms with Gasteiger partial charge in [0.1, 0.15) is 6.61 Å². The molecule has 18 heavy (non-hydrogen) atoms. The number of carbonyl (C=O) groups excluding carboxylic acids is 1. The SMILES string of the molecule is CCN(C(=O)COC(C)(C)C)c1cccc(C)c1. The number of anilines is 1. The zero-order valence-electron chi connectivity index (χ0n) is 12.0. The summed E-state index contributed by atoms with van der Waals surface area (Å²) in [5.41, 5.74) is 1.79. The minimum atomic E-state index is -0.290. The van der Waals surface area contributed by atoms with E-state index in [2.05, 4.69) is 0 Å². The van der Waals surface area contributed by atoms with Crippen molar-refractivity contribution in [2.75, 3.05) is 18.1 Å². The highest BCUT2D eigenvalue weighted by Crippen LogP contribution is 2.16. The van der Waals surface area contributed by atoms with E-state index in [0.717, 1.165) is 11.3 Å². The zero-order valence-corrected chi connectivity index (χ0v) is 12.0. The van der Waals surface area contributed by atoms with Gasteiger partial charge < -0.3 is 9.64 Å². The molecule has 3 nitrogen and oxygen atoms in total. The Morgan fingerprint density at radius 1 is 1.33 bits per heavy atom. The highest BCUT2D eigenvalue weighted by atomic mass is 16.5. The fourth-order valence-corrected chi connectivity index (χ4v) is 1.65. The van der Waals surface area contributed by atoms with Crippen LogP contribution in [0, 0.1) is 6.92 Å². The van der Waals surface area contributed by atoms with Gasteiger partial charge in [-0.3, -0.25) is 4.79 Å². The summed E-state index contributed by atoms with van der Waals surface area (Å²) in [4.78, 5) is 13.9. The molecule has 0 aromatic heterocycles. The topological polar surface area (TPSA) is 29.5 Å². The predicted molar refractivity (Wildman–Crippen MR) is 74.9 cm³/mol. The van der Waals surface area contributed by atoms with Crippen molar-refractivity contribution >= 4 is 11.6 Å². The maximum absolute atomic E-state index is 12.1. The molecule has 1 amide bonds. The van der Waals surface area contributed by atoms with Gasteiger partial charge in [0, 0.05) is 12.2 Å². The molecule has 0 bridgehead atoms. The van der Waals surface area contributed by atoms with Crippen LogP contribution in [-0.2, 0) is 9.53 Å². The number of likely N-dealkylation sites (N-methyl/N-ethyl adjacent to an activating group) is 1. The second kappa shape index (κ2) is 6.01. The second-order valence-electron chi connectivity index (χ2n) is 5.38. The molecule has 0 aliphatic carbocycles. The fraction of sp³-hybridized carbons (Fsp3) is 0.533. The number of ether oxygens (including phenoxy) is 1. The Hall–Kier alpha value is -1.35. The quantitative estimate of drug-likeness (QED) is 0.820. The summed E-state index contributed by atoms with van der Waals surface area (Å²) in [6.45, 7) is 10.6. The molecule has 0 spiro atoms. The smallest absolute Gasteiger partial charge is 0.252 e. The minimum absolute atomic E-state index is 0.00183. The average molecular weight is 249 g/mol. The van der Waals surface area contributed by atoms with Crippen LogP contribution in [0.15, 0.2) is 24.3 Å². The third kappa shape index (κ3) is 4.49. The molecular formula is C15H23NO2. The Morgan fingerprint density at radius 3 is 2.50 bits per heavy atom. The van der Waals surface area contributed by atoms with Crippen molar-refractivity contribution in [1.82, 2.24) is 0 Å². The number of rotatable bonds is 4. The lowest BCUT2D eigenvalue weighted by molar-refractivity contribution is -0.127. The van der Waals surface area contributed by atoms with Gasteiger partial charge in [0.15, 0.2) is 0 Å². The van der Waals surface area contributed by atoms with E-state index in [1.54, 1.807) is 4.90 Å². The van der Waals surface area contributed by atoms with E-state index >= 15 is 0 Å². The van der Waals surface area contributed by atoms with Crippen LogP contribution in [0.25, 0.3) is 0 Å². The molecule has 0 aliphatic rings. The third-order valence-electron chi connectivity index (χ3n) is 2.56. The minimum Gasteiger partial charge on any atom is -0.366 e. The fourth-order valence-electron chi connectivity index (χ4n) is 1.65. The van der Waals surface area contributed by atoms with Crippen LogP contribution in [0.1, 0.15) is 33.3 Å². The van der Waals surface area contributed by atoms with E-state index in [-0.39, 0.29) is 18.1 Å². The van der Waals surface area contributed by atoms with E-state index in [1.807, 2.05) is 58.9 Å². The van der Waals surface area contributed by atoms with E-state index in [1.165, 1.54) is 0 Å². The highest BCUT2D eigenvalue weighted by molar-refractivity contribution is 5.94. The molecule has 0 atom stereocenters. The average Bonchev–Trinajstić information content (AvgIpc) is 2.26. The molecule has 3 heteroatoms. The molecule has 1 aromatic rings. The molecule has 0 N–H and O–H groups in total. The molecular weight excluding hydrogens is 226 g/mol. The van der Waals surface area contributed by atoms with Crippen molar-refractivity contribution in [2.24, 2.45) is 0 Å². The Kier molecular flexibility index (Phi) is 4.91. The highest BCUT2D eigenvalue weighted by Gasteiger charge is 2.18. The van der Waals surface area contributed by atoms with Crippen molar-refractivity contribution in [3.8, 4) is 0 Å². The van der Waals surface area contributed by atoms with Crippen LogP contribution in [-0.4, -0.2) is 24.7 Å². The molecule has 0 saturated carbocycles. The standard InChI is InChI=1S/C15H23NO2/c1-6-16(13-9-7-8-12(2)10-13)14(17)11-18-15(3,4)5/h7-10H,6,11H2,1-5H3. The first-order chi connectivity index (χ1) is 8.33. The second-order valence-corrected chi connectivity index (χ2v) is 5.38. The van der Waals surface area contributed by atoms with Crippen molar-refractivity contribution in [1.29, 1.82) is 0 Å². The van der Waals surface area contributed by atoms with Gasteiger partial charge in [-0.1, -0.05) is 12.1 Å². The maximum Gasteiger partial charge on any atom is 0.252 e. The Bertz CT molecular complexity index is 407. The van der Waals surface area contributed by atoms with Crippen LogP contribution in [0.2, 0.25) is 0 Å². The predicted octanol–water partition coefficient (Wildman–Crippen LogP) is 3.16. The molecule has 0 heterocycles. The van der Waals surface area contributed by atoms with Crippen molar-refractivity contribution < 1.29 is 9.53 Å². The van der Waals surface area contributed by atoms with Gasteiger partial charge in [-0.05, 0) is 52.3 Å². The van der Waals surface area contributed by atoms with Gasteiger partial charge in [-0.2, -0.15) is 0 Å². The number of nitrogens with zero attached hydrogens (tertiary/aromatic N) is 1. The van der Waals surface area contributed by atoms with Gasteiger partial charge in [0.05, 0.1) is 5.60 Å². The first kappa shape index (κ1) is 14.7. The molecule has 0 unspecified atom stereocenters. The lowest BCUT2D eigenvalue weighted by Crippen LogP contribution is -2.36. The van der Waals surface area contributed by atoms with Gasteiger partial charge in [-0.15, -0.1) is 0 Å². The summed E-state index contributed by atoms with van der Waals surface area (Å²) in [5.74, 6) is -0.00183. The van der Waals surface area contributed by atoms with Crippen LogP contribution in [0.4, 0.5) is 5.69 Å². The maximum atomic E-state index is 12.1. The van der Waals surface area contributed by atoms with Crippen LogP contribution in [0.3, 0.4) is 0 Å². The summed E-state index contributed by atoms with van der Waals surface area (Å²) >= 11 is 0. The summed E-state index contributed by atoms with van der Waals surface area (Å²) in [7, 11) is 0. The van der Waals surface area contributed by atoms with Crippen molar-refractivity contribution in [3.63, 3.8) is 0 Å². The number of carbonyl (C=O) groups is 1. The molecule has 0 aliphatic heterocycles. The molecule has 1 rings (SSSR count). The lowest BCUT2D eigenvalue weighted by Gasteiger charge is -2.24.